The van der Waals surface area contributed by atoms with E-state index in [9.17, 15) is 18.0 Å². The molecular formula is C26H32F3N9O2S. The molecule has 0 saturated carbocycles. The first-order valence-electron chi connectivity index (χ1n) is 13.5. The molecular weight excluding hydrogens is 559 g/mol. The number of hydrogen-bond acceptors (Lipinski definition) is 11. The van der Waals surface area contributed by atoms with Crippen molar-refractivity contribution in [3.05, 3.63) is 48.2 Å². The second-order valence-corrected chi connectivity index (χ2v) is 11.0. The Kier molecular flexibility index (Phi) is 9.15. The maximum absolute atomic E-state index is 13.0. The van der Waals surface area contributed by atoms with Gasteiger partial charge >= 0.3 is 6.36 Å². The number of hydrogen-bond donors (Lipinski definition) is 2. The van der Waals surface area contributed by atoms with Crippen molar-refractivity contribution < 1.29 is 22.7 Å². The molecule has 1 amide bonds. The highest BCUT2D eigenvalue weighted by molar-refractivity contribution is 7.19. The van der Waals surface area contributed by atoms with Crippen LogP contribution in [0.5, 0.6) is 5.75 Å². The quantitative estimate of drug-likeness (QED) is 0.364. The number of halogens is 3. The maximum Gasteiger partial charge on any atom is 0.573 e. The van der Waals surface area contributed by atoms with Gasteiger partial charge in [0.25, 0.3) is 0 Å². The van der Waals surface area contributed by atoms with Crippen LogP contribution in [0.15, 0.2) is 42.6 Å². The number of ether oxygens (including phenoxy) is 1. The van der Waals surface area contributed by atoms with Crippen LogP contribution in [0.4, 0.5) is 29.3 Å². The highest BCUT2D eigenvalue weighted by atomic mass is 32.1. The second kappa shape index (κ2) is 13.0. The maximum atomic E-state index is 13.0. The van der Waals surface area contributed by atoms with E-state index in [4.69, 9.17) is 0 Å². The van der Waals surface area contributed by atoms with Crippen LogP contribution < -0.4 is 20.3 Å². The fraction of sp³-hybridized carbons (Fsp3) is 0.500. The normalized spacial score (nSPS) is 20.2. The minimum atomic E-state index is -4.75. The lowest BCUT2D eigenvalue weighted by atomic mass is 10.1. The number of rotatable bonds is 10. The number of carbonyl (C=O) groups excluding carboxylic acids is 1. The Balaban J connectivity index is 1.15. The molecule has 1 aromatic carbocycles. The number of amides is 1. The number of carbonyl (C=O) groups is 1. The van der Waals surface area contributed by atoms with E-state index in [-0.39, 0.29) is 30.2 Å². The van der Waals surface area contributed by atoms with Crippen LogP contribution in [-0.2, 0) is 11.3 Å². The van der Waals surface area contributed by atoms with Gasteiger partial charge in [0.05, 0.1) is 0 Å². The molecule has 2 aliphatic heterocycles. The minimum Gasteiger partial charge on any atom is -0.406 e. The number of aromatic nitrogens is 4. The lowest BCUT2D eigenvalue weighted by Crippen LogP contribution is -2.53. The standard InChI is InChI=1S/C26H32F3N9O2S/c1-2-36-11-12-37(15-18-5-3-6-21(13-18)40-26(27,28)29)20(17-36)14-23(39)32-25-35-34-24(41-25)31-19-8-10-38(16-19)22-7-4-9-30-33-22/h3-7,9,13,19-20H,2,8,10-12,14-17H2,1H3,(H,31,34)(H,32,35,39)/t19-,20?/m1/s1. The van der Waals surface area contributed by atoms with Crippen LogP contribution in [0.25, 0.3) is 0 Å². The molecule has 1 unspecified atom stereocenters. The van der Waals surface area contributed by atoms with E-state index in [1.54, 1.807) is 18.3 Å². The number of piperazine rings is 1. The van der Waals surface area contributed by atoms with Crippen molar-refractivity contribution in [3.63, 3.8) is 0 Å². The van der Waals surface area contributed by atoms with E-state index in [1.807, 2.05) is 12.1 Å². The van der Waals surface area contributed by atoms with E-state index in [0.29, 0.717) is 35.5 Å². The van der Waals surface area contributed by atoms with E-state index < -0.39 is 6.36 Å². The number of alkyl halides is 3. The highest BCUT2D eigenvalue weighted by Crippen LogP contribution is 2.27. The summed E-state index contributed by atoms with van der Waals surface area (Å²) in [7, 11) is 0. The van der Waals surface area contributed by atoms with Crippen molar-refractivity contribution in [2.75, 3.05) is 54.8 Å². The summed E-state index contributed by atoms with van der Waals surface area (Å²) in [6, 6.07) is 9.82. The van der Waals surface area contributed by atoms with Gasteiger partial charge in [-0.2, -0.15) is 5.10 Å². The van der Waals surface area contributed by atoms with Crippen LogP contribution in [0, 0.1) is 0 Å². The Bertz CT molecular complexity index is 1300. The molecule has 0 spiro atoms. The second-order valence-electron chi connectivity index (χ2n) is 10.0. The first-order chi connectivity index (χ1) is 19.7. The molecule has 15 heteroatoms. The summed E-state index contributed by atoms with van der Waals surface area (Å²) in [6.45, 7) is 7.12. The SMILES string of the molecule is CCN1CCN(Cc2cccc(OC(F)(F)F)c2)C(CC(=O)Nc2nnc(N[C@@H]3CCN(c4cccnn4)C3)s2)C1. The van der Waals surface area contributed by atoms with Gasteiger partial charge in [-0.1, -0.05) is 30.4 Å². The molecule has 41 heavy (non-hydrogen) atoms. The summed E-state index contributed by atoms with van der Waals surface area (Å²) in [5.41, 5.74) is 0.687. The monoisotopic (exact) mass is 591 g/mol. The van der Waals surface area contributed by atoms with Crippen LogP contribution in [-0.4, -0.2) is 93.8 Å². The Hall–Kier alpha value is -3.56. The predicted octanol–water partition coefficient (Wildman–Crippen LogP) is 3.45. The molecule has 2 fully saturated rings. The third-order valence-corrected chi connectivity index (χ3v) is 7.91. The molecule has 2 saturated heterocycles. The molecule has 11 nitrogen and oxygen atoms in total. The van der Waals surface area contributed by atoms with Crippen LogP contribution in [0.3, 0.4) is 0 Å². The van der Waals surface area contributed by atoms with Gasteiger partial charge < -0.3 is 25.2 Å². The van der Waals surface area contributed by atoms with Gasteiger partial charge in [-0.25, -0.2) is 0 Å². The molecule has 2 atom stereocenters. The Labute approximate surface area is 239 Å². The molecule has 4 heterocycles. The molecule has 3 aromatic rings. The first-order valence-corrected chi connectivity index (χ1v) is 14.3. The van der Waals surface area contributed by atoms with Crippen molar-refractivity contribution in [3.8, 4) is 5.75 Å². The third-order valence-electron chi connectivity index (χ3n) is 7.14. The highest BCUT2D eigenvalue weighted by Gasteiger charge is 2.32. The number of likely N-dealkylation sites (N-methyl/N-ethyl adjacent to an activating group) is 1. The van der Waals surface area contributed by atoms with Gasteiger partial charge in [0.1, 0.15) is 5.75 Å². The molecule has 2 N–H and O–H groups in total. The van der Waals surface area contributed by atoms with Crippen LogP contribution >= 0.6 is 11.3 Å². The summed E-state index contributed by atoms with van der Waals surface area (Å²) in [5, 5.41) is 23.7. The first kappa shape index (κ1) is 29.0. The molecule has 0 bridgehead atoms. The largest absolute Gasteiger partial charge is 0.573 e. The van der Waals surface area contributed by atoms with E-state index in [1.165, 1.54) is 23.5 Å². The zero-order valence-corrected chi connectivity index (χ0v) is 23.4. The lowest BCUT2D eigenvalue weighted by molar-refractivity contribution is -0.274. The summed E-state index contributed by atoms with van der Waals surface area (Å²) < 4.78 is 42.1. The number of benzene rings is 1. The zero-order valence-electron chi connectivity index (χ0n) is 22.5. The number of anilines is 3. The fourth-order valence-corrected chi connectivity index (χ4v) is 5.90. The van der Waals surface area contributed by atoms with Crippen LogP contribution in [0.2, 0.25) is 0 Å². The van der Waals surface area contributed by atoms with Gasteiger partial charge in [0, 0.05) is 64.0 Å². The average Bonchev–Trinajstić information content (AvgIpc) is 3.59. The Morgan fingerprint density at radius 1 is 1.10 bits per heavy atom. The minimum absolute atomic E-state index is 0.119. The van der Waals surface area contributed by atoms with Gasteiger partial charge in [-0.3, -0.25) is 9.69 Å². The topological polar surface area (TPSA) is 112 Å². The fourth-order valence-electron chi connectivity index (χ4n) is 5.16. The van der Waals surface area contributed by atoms with Crippen molar-refractivity contribution >= 4 is 33.3 Å². The van der Waals surface area contributed by atoms with Crippen LogP contribution in [0.1, 0.15) is 25.3 Å². The summed E-state index contributed by atoms with van der Waals surface area (Å²) in [4.78, 5) is 19.6. The predicted molar refractivity (Wildman–Crippen MR) is 149 cm³/mol. The summed E-state index contributed by atoms with van der Waals surface area (Å²) >= 11 is 1.28. The Morgan fingerprint density at radius 3 is 2.73 bits per heavy atom. The van der Waals surface area contributed by atoms with Crippen molar-refractivity contribution in [1.29, 1.82) is 0 Å². The molecule has 0 aliphatic carbocycles. The number of nitrogens with one attached hydrogen (secondary N) is 2. The van der Waals surface area contributed by atoms with Gasteiger partial charge in [-0.15, -0.1) is 28.5 Å². The molecule has 220 valence electrons. The van der Waals surface area contributed by atoms with E-state index in [2.05, 4.69) is 57.4 Å². The van der Waals surface area contributed by atoms with Crippen molar-refractivity contribution in [2.24, 2.45) is 0 Å². The van der Waals surface area contributed by atoms with Gasteiger partial charge in [0.15, 0.2) is 5.82 Å². The molecule has 5 rings (SSSR count). The van der Waals surface area contributed by atoms with Gasteiger partial charge in [0.2, 0.25) is 16.2 Å². The lowest BCUT2D eigenvalue weighted by Gasteiger charge is -2.41. The number of nitrogens with zero attached hydrogens (tertiary/aromatic N) is 7. The van der Waals surface area contributed by atoms with Crippen molar-refractivity contribution in [2.45, 2.75) is 44.8 Å². The van der Waals surface area contributed by atoms with Gasteiger partial charge in [-0.05, 0) is 42.8 Å². The molecule has 0 radical (unpaired) electrons. The Morgan fingerprint density at radius 2 is 1.95 bits per heavy atom. The van der Waals surface area contributed by atoms with E-state index >= 15 is 0 Å². The van der Waals surface area contributed by atoms with Crippen molar-refractivity contribution in [1.82, 2.24) is 30.2 Å². The summed E-state index contributed by atoms with van der Waals surface area (Å²) in [5.74, 6) is 0.392. The average molecular weight is 592 g/mol. The summed E-state index contributed by atoms with van der Waals surface area (Å²) in [6.07, 6.45) is -1.98. The van der Waals surface area contributed by atoms with E-state index in [0.717, 1.165) is 38.4 Å². The zero-order chi connectivity index (χ0) is 28.8. The smallest absolute Gasteiger partial charge is 0.406 e. The third kappa shape index (κ3) is 8.24. The molecule has 2 aromatic heterocycles. The molecule has 2 aliphatic rings.